The minimum atomic E-state index is -0.211. The van der Waals surface area contributed by atoms with Gasteiger partial charge in [-0.15, -0.1) is 10.2 Å². The second-order valence-electron chi connectivity index (χ2n) is 3.80. The highest BCUT2D eigenvalue weighted by Gasteiger charge is 2.08. The highest BCUT2D eigenvalue weighted by atomic mass is 19.1. The molecule has 2 aromatic rings. The van der Waals surface area contributed by atoms with Crippen LogP contribution in [0.4, 0.5) is 4.39 Å². The van der Waals surface area contributed by atoms with Crippen molar-refractivity contribution < 1.29 is 9.13 Å². The Morgan fingerprint density at radius 3 is 2.94 bits per heavy atom. The van der Waals surface area contributed by atoms with E-state index in [2.05, 4.69) is 10.2 Å². The van der Waals surface area contributed by atoms with Gasteiger partial charge in [-0.3, -0.25) is 0 Å². The molecule has 0 amide bonds. The zero-order chi connectivity index (χ0) is 12.3. The topological polar surface area (TPSA) is 39.9 Å². The third-order valence-corrected chi connectivity index (χ3v) is 2.57. The van der Waals surface area contributed by atoms with Crippen LogP contribution in [0.2, 0.25) is 0 Å². The zero-order valence-corrected chi connectivity index (χ0v) is 9.85. The molecule has 0 bridgehead atoms. The monoisotopic (exact) mass is 235 g/mol. The Bertz CT molecular complexity index is 510. The lowest BCUT2D eigenvalue weighted by atomic mass is 10.1. The first-order valence-electron chi connectivity index (χ1n) is 5.35. The first kappa shape index (κ1) is 11.7. The molecule has 5 heteroatoms. The molecule has 0 unspecified atom stereocenters. The van der Waals surface area contributed by atoms with Gasteiger partial charge in [0.2, 0.25) is 0 Å². The van der Waals surface area contributed by atoms with E-state index < -0.39 is 0 Å². The van der Waals surface area contributed by atoms with E-state index in [0.29, 0.717) is 18.7 Å². The van der Waals surface area contributed by atoms with E-state index in [1.165, 1.54) is 6.07 Å². The summed E-state index contributed by atoms with van der Waals surface area (Å²) in [5.74, 6) is 0.516. The third kappa shape index (κ3) is 2.50. The van der Waals surface area contributed by atoms with Crippen molar-refractivity contribution in [3.05, 3.63) is 35.9 Å². The van der Waals surface area contributed by atoms with Gasteiger partial charge < -0.3 is 9.30 Å². The molecule has 4 nitrogen and oxygen atoms in total. The van der Waals surface area contributed by atoms with E-state index in [-0.39, 0.29) is 5.82 Å². The normalized spacial score (nSPS) is 10.8. The Kier molecular flexibility index (Phi) is 3.49. The number of hydrogen-bond acceptors (Lipinski definition) is 3. The summed E-state index contributed by atoms with van der Waals surface area (Å²) in [6.07, 6.45) is 1.65. The number of ether oxygens (including phenoxy) is 1. The van der Waals surface area contributed by atoms with Crippen LogP contribution in [-0.4, -0.2) is 28.5 Å². The van der Waals surface area contributed by atoms with Crippen molar-refractivity contribution in [3.63, 3.8) is 0 Å². The minimum absolute atomic E-state index is 0.211. The molecule has 0 atom stereocenters. The van der Waals surface area contributed by atoms with Crippen molar-refractivity contribution >= 4 is 0 Å². The Morgan fingerprint density at radius 1 is 1.41 bits per heavy atom. The average Bonchev–Trinajstić information content (AvgIpc) is 2.78. The van der Waals surface area contributed by atoms with Crippen molar-refractivity contribution in [2.24, 2.45) is 0 Å². The van der Waals surface area contributed by atoms with Crippen LogP contribution in [0.3, 0.4) is 0 Å². The summed E-state index contributed by atoms with van der Waals surface area (Å²) < 4.78 is 20.1. The molecule has 1 heterocycles. The van der Waals surface area contributed by atoms with Gasteiger partial charge in [0.05, 0.1) is 6.61 Å². The van der Waals surface area contributed by atoms with Gasteiger partial charge in [0.25, 0.3) is 0 Å². The molecule has 0 aliphatic heterocycles. The number of aryl methyl sites for hydroxylation is 1. The number of hydrogen-bond donors (Lipinski definition) is 0. The van der Waals surface area contributed by atoms with Crippen LogP contribution in [-0.2, 0) is 11.3 Å². The summed E-state index contributed by atoms with van der Waals surface area (Å²) in [5.41, 5.74) is 1.46. The molecule has 0 fully saturated rings. The second-order valence-corrected chi connectivity index (χ2v) is 3.80. The van der Waals surface area contributed by atoms with Crippen LogP contribution < -0.4 is 0 Å². The van der Waals surface area contributed by atoms with Gasteiger partial charge >= 0.3 is 0 Å². The van der Waals surface area contributed by atoms with Gasteiger partial charge in [-0.05, 0) is 30.7 Å². The van der Waals surface area contributed by atoms with Crippen molar-refractivity contribution in [1.29, 1.82) is 0 Å². The molecule has 0 aliphatic carbocycles. The Morgan fingerprint density at radius 2 is 2.24 bits per heavy atom. The predicted molar refractivity (Wildman–Crippen MR) is 62.0 cm³/mol. The molecular weight excluding hydrogens is 221 g/mol. The van der Waals surface area contributed by atoms with Crippen molar-refractivity contribution in [1.82, 2.24) is 14.8 Å². The molecule has 0 radical (unpaired) electrons. The maximum Gasteiger partial charge on any atom is 0.163 e. The standard InChI is InChI=1S/C12H14FN3O/c1-9-7-10(3-4-11(9)13)12-15-14-8-16(12)5-6-17-2/h3-4,7-8H,5-6H2,1-2H3. The van der Waals surface area contributed by atoms with Crippen LogP contribution in [0.25, 0.3) is 11.4 Å². The van der Waals surface area contributed by atoms with Crippen LogP contribution in [0.1, 0.15) is 5.56 Å². The summed E-state index contributed by atoms with van der Waals surface area (Å²) in [6, 6.07) is 4.91. The van der Waals surface area contributed by atoms with Crippen molar-refractivity contribution in [3.8, 4) is 11.4 Å². The highest BCUT2D eigenvalue weighted by Crippen LogP contribution is 2.19. The molecule has 0 saturated carbocycles. The average molecular weight is 235 g/mol. The molecule has 2 rings (SSSR count). The van der Waals surface area contributed by atoms with Crippen molar-refractivity contribution in [2.75, 3.05) is 13.7 Å². The van der Waals surface area contributed by atoms with E-state index in [0.717, 1.165) is 11.4 Å². The Hall–Kier alpha value is -1.75. The van der Waals surface area contributed by atoms with Gasteiger partial charge in [0, 0.05) is 19.2 Å². The molecule has 0 aliphatic rings. The smallest absolute Gasteiger partial charge is 0.163 e. The van der Waals surface area contributed by atoms with E-state index in [1.807, 2.05) is 4.57 Å². The molecule has 0 N–H and O–H groups in total. The third-order valence-electron chi connectivity index (χ3n) is 2.57. The number of rotatable bonds is 4. The Balaban J connectivity index is 2.32. The fourth-order valence-electron chi connectivity index (χ4n) is 1.62. The van der Waals surface area contributed by atoms with Gasteiger partial charge in [-0.2, -0.15) is 0 Å². The van der Waals surface area contributed by atoms with Crippen LogP contribution in [0.5, 0.6) is 0 Å². The lowest BCUT2D eigenvalue weighted by Gasteiger charge is -2.06. The van der Waals surface area contributed by atoms with Crippen LogP contribution >= 0.6 is 0 Å². The quantitative estimate of drug-likeness (QED) is 0.814. The number of benzene rings is 1. The van der Waals surface area contributed by atoms with E-state index in [1.54, 1.807) is 32.5 Å². The maximum atomic E-state index is 13.2. The first-order chi connectivity index (χ1) is 8.22. The number of methoxy groups -OCH3 is 1. The van der Waals surface area contributed by atoms with Crippen LogP contribution in [0, 0.1) is 12.7 Å². The van der Waals surface area contributed by atoms with Gasteiger partial charge in [-0.25, -0.2) is 4.39 Å². The molecule has 90 valence electrons. The van der Waals surface area contributed by atoms with E-state index in [9.17, 15) is 4.39 Å². The molecule has 17 heavy (non-hydrogen) atoms. The van der Waals surface area contributed by atoms with E-state index >= 15 is 0 Å². The summed E-state index contributed by atoms with van der Waals surface area (Å²) in [4.78, 5) is 0. The fourth-order valence-corrected chi connectivity index (χ4v) is 1.62. The second kappa shape index (κ2) is 5.05. The summed E-state index contributed by atoms with van der Waals surface area (Å²) in [6.45, 7) is 3.00. The first-order valence-corrected chi connectivity index (χ1v) is 5.35. The van der Waals surface area contributed by atoms with Crippen molar-refractivity contribution in [2.45, 2.75) is 13.5 Å². The lowest BCUT2D eigenvalue weighted by molar-refractivity contribution is 0.187. The SMILES string of the molecule is COCCn1cnnc1-c1ccc(F)c(C)c1. The minimum Gasteiger partial charge on any atom is -0.383 e. The number of halogens is 1. The zero-order valence-electron chi connectivity index (χ0n) is 9.85. The number of aromatic nitrogens is 3. The van der Waals surface area contributed by atoms with Gasteiger partial charge in [0.15, 0.2) is 5.82 Å². The predicted octanol–water partition coefficient (Wildman–Crippen LogP) is 2.04. The molecule has 0 spiro atoms. The molecule has 1 aromatic heterocycles. The Labute approximate surface area is 99.1 Å². The van der Waals surface area contributed by atoms with Gasteiger partial charge in [-0.1, -0.05) is 0 Å². The number of nitrogens with zero attached hydrogens (tertiary/aromatic N) is 3. The molecule has 1 aromatic carbocycles. The van der Waals surface area contributed by atoms with Crippen LogP contribution in [0.15, 0.2) is 24.5 Å². The maximum absolute atomic E-state index is 13.2. The molecular formula is C12H14FN3O. The highest BCUT2D eigenvalue weighted by molar-refractivity contribution is 5.56. The summed E-state index contributed by atoms with van der Waals surface area (Å²) in [7, 11) is 1.64. The summed E-state index contributed by atoms with van der Waals surface area (Å²) in [5, 5.41) is 7.91. The molecule has 0 saturated heterocycles. The fraction of sp³-hybridized carbons (Fsp3) is 0.333. The lowest BCUT2D eigenvalue weighted by Crippen LogP contribution is -2.05. The van der Waals surface area contributed by atoms with E-state index in [4.69, 9.17) is 4.74 Å². The largest absolute Gasteiger partial charge is 0.383 e. The summed E-state index contributed by atoms with van der Waals surface area (Å²) >= 11 is 0. The van der Waals surface area contributed by atoms with Gasteiger partial charge in [0.1, 0.15) is 12.1 Å².